The van der Waals surface area contributed by atoms with Crippen LogP contribution in [0.15, 0.2) is 42.7 Å². The van der Waals surface area contributed by atoms with Crippen LogP contribution in [0.1, 0.15) is 76.9 Å². The number of esters is 1. The number of amides is 2. The van der Waals surface area contributed by atoms with Crippen LogP contribution in [0.25, 0.3) is 21.9 Å². The number of nitrogens with zero attached hydrogens (tertiary/aromatic N) is 3. The van der Waals surface area contributed by atoms with Gasteiger partial charge < -0.3 is 24.3 Å². The Morgan fingerprint density at radius 1 is 0.960 bits per heavy atom. The predicted octanol–water partition coefficient (Wildman–Crippen LogP) is 8.37. The standard InChI is InChI=1S/C37H40FN5O7/c1-19-24(17-40-31-30(19)43(12-13-47-31)34(46)50-36(5,6)7)22-14-20-15-27(41-21-10-11-26-23(16-21)32(44)48-37(26,8)9)39-18-25(20)29(28(22)38)42-33(45)49-35(2,3)4/h10-11,14-18H,12-13H2,1-9H3,(H,39,41)(H,42,45). The molecule has 12 nitrogen and oxygen atoms in total. The molecule has 6 rings (SSSR count). The van der Waals surface area contributed by atoms with Crippen LogP contribution in [0.4, 0.5) is 36.9 Å². The normalized spacial score (nSPS) is 15.1. The maximum atomic E-state index is 16.7. The highest BCUT2D eigenvalue weighted by Gasteiger charge is 2.38. The Kier molecular flexibility index (Phi) is 8.36. The molecule has 0 aliphatic carbocycles. The summed E-state index contributed by atoms with van der Waals surface area (Å²) in [4.78, 5) is 49.1. The molecule has 2 aromatic heterocycles. The van der Waals surface area contributed by atoms with E-state index in [1.54, 1.807) is 66.7 Å². The molecule has 2 aromatic carbocycles. The average molecular weight is 686 g/mol. The zero-order chi connectivity index (χ0) is 36.3. The number of hydrogen-bond acceptors (Lipinski definition) is 10. The number of rotatable bonds is 4. The van der Waals surface area contributed by atoms with Crippen molar-refractivity contribution in [3.8, 4) is 17.0 Å². The molecule has 0 saturated carbocycles. The third kappa shape index (κ3) is 6.72. The molecule has 4 aromatic rings. The van der Waals surface area contributed by atoms with Gasteiger partial charge in [-0.3, -0.25) is 10.2 Å². The molecule has 2 aliphatic heterocycles. The zero-order valence-electron chi connectivity index (χ0n) is 29.5. The number of cyclic esters (lactones) is 1. The van der Waals surface area contributed by atoms with Gasteiger partial charge in [0.05, 0.1) is 17.8 Å². The number of ether oxygens (including phenoxy) is 4. The molecule has 2 N–H and O–H groups in total. The van der Waals surface area contributed by atoms with Crippen LogP contribution >= 0.6 is 0 Å². The number of nitrogens with one attached hydrogen (secondary N) is 2. The van der Waals surface area contributed by atoms with E-state index in [2.05, 4.69) is 20.6 Å². The highest BCUT2D eigenvalue weighted by Crippen LogP contribution is 2.43. The topological polar surface area (TPSA) is 141 Å². The van der Waals surface area contributed by atoms with Gasteiger partial charge in [-0.1, -0.05) is 6.07 Å². The summed E-state index contributed by atoms with van der Waals surface area (Å²) >= 11 is 0. The summed E-state index contributed by atoms with van der Waals surface area (Å²) in [6, 6.07) is 8.67. The van der Waals surface area contributed by atoms with Crippen LogP contribution in [0.2, 0.25) is 0 Å². The largest absolute Gasteiger partial charge is 0.474 e. The van der Waals surface area contributed by atoms with Gasteiger partial charge in [-0.25, -0.2) is 28.7 Å². The van der Waals surface area contributed by atoms with E-state index in [9.17, 15) is 14.4 Å². The second-order valence-electron chi connectivity index (χ2n) is 14.7. The number of fused-ring (bicyclic) bond motifs is 3. The van der Waals surface area contributed by atoms with Gasteiger partial charge in [-0.15, -0.1) is 0 Å². The minimum atomic E-state index is -0.852. The minimum absolute atomic E-state index is 0.103. The number of pyridine rings is 2. The van der Waals surface area contributed by atoms with E-state index < -0.39 is 40.8 Å². The molecule has 0 radical (unpaired) electrons. The Balaban J connectivity index is 1.46. The Hall–Kier alpha value is -5.46. The summed E-state index contributed by atoms with van der Waals surface area (Å²) < 4.78 is 39.1. The van der Waals surface area contributed by atoms with Gasteiger partial charge in [0.2, 0.25) is 5.88 Å². The lowest BCUT2D eigenvalue weighted by Crippen LogP contribution is -2.42. The van der Waals surface area contributed by atoms with E-state index in [1.807, 2.05) is 26.0 Å². The van der Waals surface area contributed by atoms with E-state index >= 15 is 4.39 Å². The van der Waals surface area contributed by atoms with Crippen molar-refractivity contribution in [1.82, 2.24) is 9.97 Å². The summed E-state index contributed by atoms with van der Waals surface area (Å²) in [5.74, 6) is -0.554. The summed E-state index contributed by atoms with van der Waals surface area (Å²) in [5.41, 5.74) is 0.696. The van der Waals surface area contributed by atoms with Gasteiger partial charge in [0.1, 0.15) is 34.9 Å². The molecule has 13 heteroatoms. The molecule has 2 aliphatic rings. The summed E-state index contributed by atoms with van der Waals surface area (Å²) in [7, 11) is 0. The van der Waals surface area contributed by atoms with Crippen molar-refractivity contribution in [1.29, 1.82) is 0 Å². The van der Waals surface area contributed by atoms with Gasteiger partial charge in [-0.2, -0.15) is 0 Å². The van der Waals surface area contributed by atoms with E-state index in [1.165, 1.54) is 17.3 Å². The second-order valence-corrected chi connectivity index (χ2v) is 14.7. The Morgan fingerprint density at radius 2 is 1.68 bits per heavy atom. The molecular weight excluding hydrogens is 645 g/mol. The number of anilines is 4. The fourth-order valence-corrected chi connectivity index (χ4v) is 5.98. The highest BCUT2D eigenvalue weighted by molar-refractivity contribution is 6.04. The smallest absolute Gasteiger partial charge is 0.415 e. The minimum Gasteiger partial charge on any atom is -0.474 e. The first kappa shape index (κ1) is 34.4. The monoisotopic (exact) mass is 685 g/mol. The van der Waals surface area contributed by atoms with Gasteiger partial charge in [0.25, 0.3) is 0 Å². The van der Waals surface area contributed by atoms with Crippen molar-refractivity contribution < 1.29 is 37.7 Å². The van der Waals surface area contributed by atoms with Crippen LogP contribution in [-0.4, -0.2) is 52.5 Å². The zero-order valence-corrected chi connectivity index (χ0v) is 29.5. The molecule has 2 amide bonds. The Morgan fingerprint density at radius 3 is 2.38 bits per heavy atom. The first-order valence-corrected chi connectivity index (χ1v) is 16.2. The third-order valence-corrected chi connectivity index (χ3v) is 8.10. The van der Waals surface area contributed by atoms with Crippen molar-refractivity contribution in [2.75, 3.05) is 28.7 Å². The molecule has 50 heavy (non-hydrogen) atoms. The molecule has 0 fully saturated rings. The lowest BCUT2D eigenvalue weighted by atomic mass is 9.95. The number of benzene rings is 2. The fraction of sp³-hybridized carbons (Fsp3) is 0.378. The van der Waals surface area contributed by atoms with Gasteiger partial charge >= 0.3 is 18.2 Å². The number of carbonyl (C=O) groups is 3. The van der Waals surface area contributed by atoms with Crippen LogP contribution in [0.5, 0.6) is 5.88 Å². The van der Waals surface area contributed by atoms with E-state index in [4.69, 9.17) is 18.9 Å². The average Bonchev–Trinajstić information content (AvgIpc) is 3.23. The first-order valence-electron chi connectivity index (χ1n) is 16.2. The van der Waals surface area contributed by atoms with Crippen molar-refractivity contribution in [2.45, 2.75) is 79.1 Å². The molecule has 0 spiro atoms. The lowest BCUT2D eigenvalue weighted by Gasteiger charge is -2.32. The molecule has 0 atom stereocenters. The summed E-state index contributed by atoms with van der Waals surface area (Å²) in [6.45, 7) is 16.2. The van der Waals surface area contributed by atoms with Crippen LogP contribution in [0, 0.1) is 12.7 Å². The van der Waals surface area contributed by atoms with E-state index in [0.29, 0.717) is 44.7 Å². The molecule has 0 saturated heterocycles. The van der Waals surface area contributed by atoms with Gasteiger partial charge in [0.15, 0.2) is 5.82 Å². The fourth-order valence-electron chi connectivity index (χ4n) is 5.98. The quantitative estimate of drug-likeness (QED) is 0.159. The highest BCUT2D eigenvalue weighted by atomic mass is 19.1. The molecular formula is C37H40FN5O7. The van der Waals surface area contributed by atoms with Crippen LogP contribution in [-0.2, 0) is 19.8 Å². The molecule has 0 bridgehead atoms. The second kappa shape index (κ2) is 12.1. The molecule has 4 heterocycles. The maximum Gasteiger partial charge on any atom is 0.415 e. The van der Waals surface area contributed by atoms with Crippen molar-refractivity contribution in [3.63, 3.8) is 0 Å². The van der Waals surface area contributed by atoms with Gasteiger partial charge in [0, 0.05) is 40.2 Å². The molecule has 0 unspecified atom stereocenters. The van der Waals surface area contributed by atoms with Gasteiger partial charge in [-0.05, 0) is 97.5 Å². The number of halogens is 1. The number of carbonyl (C=O) groups excluding carboxylic acids is 3. The molecule has 262 valence electrons. The summed E-state index contributed by atoms with van der Waals surface area (Å²) in [6.07, 6.45) is 1.48. The van der Waals surface area contributed by atoms with E-state index in [-0.39, 0.29) is 30.3 Å². The SMILES string of the molecule is Cc1c(-c2cc3cc(Nc4ccc5c(c4)C(=O)OC5(C)C)ncc3c(NC(=O)OC(C)(C)C)c2F)cnc2c1N(C(=O)OC(C)(C)C)CCO2. The van der Waals surface area contributed by atoms with Crippen LogP contribution < -0.4 is 20.3 Å². The first-order chi connectivity index (χ1) is 23.3. The summed E-state index contributed by atoms with van der Waals surface area (Å²) in [5, 5.41) is 6.63. The van der Waals surface area contributed by atoms with Crippen LogP contribution in [0.3, 0.4) is 0 Å². The van der Waals surface area contributed by atoms with Crippen molar-refractivity contribution in [3.05, 3.63) is 65.2 Å². The van der Waals surface area contributed by atoms with Crippen molar-refractivity contribution in [2.24, 2.45) is 0 Å². The predicted molar refractivity (Wildman–Crippen MR) is 187 cm³/mol. The maximum absolute atomic E-state index is 16.7. The van der Waals surface area contributed by atoms with E-state index in [0.717, 1.165) is 5.56 Å². The number of aromatic nitrogens is 2. The Labute approximate surface area is 289 Å². The third-order valence-electron chi connectivity index (χ3n) is 8.10. The lowest BCUT2D eigenvalue weighted by molar-refractivity contribution is 0.00949. The van der Waals surface area contributed by atoms with Crippen molar-refractivity contribution >= 4 is 51.8 Å². The Bertz CT molecular complexity index is 2070. The number of hydrogen-bond donors (Lipinski definition) is 2.